The van der Waals surface area contributed by atoms with Gasteiger partial charge in [-0.15, -0.1) is 5.10 Å². The van der Waals surface area contributed by atoms with E-state index >= 15 is 0 Å². The standard InChI is InChI=1S/C22H26N6O3/c1-4-31-22(30)27-12-10-26(11-13-27)19(29)14-18-15(2)23-21-24-20(25-28(21)16(18)3)17-8-6-5-7-9-17/h5-9H,4,10-14H2,1-3H3. The van der Waals surface area contributed by atoms with Crippen LogP contribution < -0.4 is 0 Å². The van der Waals surface area contributed by atoms with Crippen LogP contribution in [0.1, 0.15) is 23.9 Å². The minimum atomic E-state index is -0.323. The molecule has 9 heteroatoms. The molecule has 3 heterocycles. The van der Waals surface area contributed by atoms with Crippen molar-refractivity contribution in [1.82, 2.24) is 29.4 Å². The van der Waals surface area contributed by atoms with Crippen LogP contribution in [-0.2, 0) is 16.0 Å². The molecule has 4 rings (SSSR count). The molecule has 1 fully saturated rings. The SMILES string of the molecule is CCOC(=O)N1CCN(C(=O)Cc2c(C)nc3nc(-c4ccccc4)nn3c2C)CC1. The summed E-state index contributed by atoms with van der Waals surface area (Å²) >= 11 is 0. The minimum Gasteiger partial charge on any atom is -0.450 e. The van der Waals surface area contributed by atoms with E-state index in [4.69, 9.17) is 4.74 Å². The van der Waals surface area contributed by atoms with Gasteiger partial charge in [-0.05, 0) is 20.8 Å². The zero-order valence-corrected chi connectivity index (χ0v) is 18.0. The van der Waals surface area contributed by atoms with Gasteiger partial charge < -0.3 is 14.5 Å². The maximum Gasteiger partial charge on any atom is 0.409 e. The van der Waals surface area contributed by atoms with E-state index in [2.05, 4.69) is 15.1 Å². The van der Waals surface area contributed by atoms with Crippen molar-refractivity contribution >= 4 is 17.8 Å². The third-order valence-corrected chi connectivity index (χ3v) is 5.57. The monoisotopic (exact) mass is 422 g/mol. The molecule has 31 heavy (non-hydrogen) atoms. The van der Waals surface area contributed by atoms with E-state index in [1.165, 1.54) is 0 Å². The maximum atomic E-state index is 13.0. The van der Waals surface area contributed by atoms with Crippen LogP contribution >= 0.6 is 0 Å². The topological polar surface area (TPSA) is 92.9 Å². The van der Waals surface area contributed by atoms with Crippen molar-refractivity contribution in [2.24, 2.45) is 0 Å². The van der Waals surface area contributed by atoms with Crippen molar-refractivity contribution in [2.75, 3.05) is 32.8 Å². The average molecular weight is 422 g/mol. The Balaban J connectivity index is 1.51. The summed E-state index contributed by atoms with van der Waals surface area (Å²) in [6, 6.07) is 9.74. The summed E-state index contributed by atoms with van der Waals surface area (Å²) in [7, 11) is 0. The van der Waals surface area contributed by atoms with Gasteiger partial charge in [-0.1, -0.05) is 30.3 Å². The number of piperazine rings is 1. The Bertz CT molecular complexity index is 1100. The van der Waals surface area contributed by atoms with Gasteiger partial charge in [-0.2, -0.15) is 4.98 Å². The first kappa shape index (κ1) is 20.8. The van der Waals surface area contributed by atoms with Crippen LogP contribution in [0.4, 0.5) is 4.79 Å². The van der Waals surface area contributed by atoms with Gasteiger partial charge in [0.25, 0.3) is 5.78 Å². The van der Waals surface area contributed by atoms with Gasteiger partial charge in [0, 0.05) is 48.7 Å². The predicted octanol–water partition coefficient (Wildman–Crippen LogP) is 2.25. The molecule has 2 aromatic heterocycles. The lowest BCUT2D eigenvalue weighted by Gasteiger charge is -2.34. The fourth-order valence-electron chi connectivity index (χ4n) is 3.79. The molecule has 162 valence electrons. The summed E-state index contributed by atoms with van der Waals surface area (Å²) in [5, 5.41) is 4.61. The van der Waals surface area contributed by atoms with E-state index < -0.39 is 0 Å². The number of aryl methyl sites for hydroxylation is 2. The molecule has 0 spiro atoms. The Labute approximate surface area is 180 Å². The summed E-state index contributed by atoms with van der Waals surface area (Å²) in [5.41, 5.74) is 3.41. The molecule has 0 atom stereocenters. The molecule has 1 saturated heterocycles. The van der Waals surface area contributed by atoms with Crippen LogP contribution in [0.2, 0.25) is 0 Å². The zero-order valence-electron chi connectivity index (χ0n) is 18.0. The molecule has 3 aromatic rings. The number of rotatable bonds is 4. The summed E-state index contributed by atoms with van der Waals surface area (Å²) in [5.74, 6) is 1.14. The van der Waals surface area contributed by atoms with Gasteiger partial charge in [0.2, 0.25) is 5.91 Å². The minimum absolute atomic E-state index is 0.0132. The molecule has 0 aliphatic carbocycles. The van der Waals surface area contributed by atoms with Crippen LogP contribution in [0.5, 0.6) is 0 Å². The number of aromatic nitrogens is 4. The van der Waals surface area contributed by atoms with Crippen molar-refractivity contribution in [3.05, 3.63) is 47.3 Å². The van der Waals surface area contributed by atoms with E-state index in [0.717, 1.165) is 22.5 Å². The number of carbonyl (C=O) groups is 2. The highest BCUT2D eigenvalue weighted by molar-refractivity contribution is 5.80. The van der Waals surface area contributed by atoms with Gasteiger partial charge in [-0.3, -0.25) is 4.79 Å². The molecule has 0 bridgehead atoms. The molecular formula is C22H26N6O3. The van der Waals surface area contributed by atoms with E-state index in [-0.39, 0.29) is 18.4 Å². The van der Waals surface area contributed by atoms with E-state index in [1.54, 1.807) is 21.2 Å². The van der Waals surface area contributed by atoms with Gasteiger partial charge in [0.1, 0.15) is 0 Å². The molecule has 0 radical (unpaired) electrons. The maximum absolute atomic E-state index is 13.0. The van der Waals surface area contributed by atoms with Gasteiger partial charge in [0.05, 0.1) is 13.0 Å². The Morgan fingerprint density at radius 1 is 1.00 bits per heavy atom. The van der Waals surface area contributed by atoms with Crippen molar-refractivity contribution in [1.29, 1.82) is 0 Å². The van der Waals surface area contributed by atoms with Crippen LogP contribution in [0.15, 0.2) is 30.3 Å². The van der Waals surface area contributed by atoms with Gasteiger partial charge >= 0.3 is 6.09 Å². The molecule has 0 N–H and O–H groups in total. The number of carbonyl (C=O) groups excluding carboxylic acids is 2. The number of fused-ring (bicyclic) bond motifs is 1. The largest absolute Gasteiger partial charge is 0.450 e. The molecular weight excluding hydrogens is 396 g/mol. The second kappa shape index (κ2) is 8.71. The highest BCUT2D eigenvalue weighted by Crippen LogP contribution is 2.20. The fraction of sp³-hybridized carbons (Fsp3) is 0.409. The van der Waals surface area contributed by atoms with Crippen molar-refractivity contribution in [2.45, 2.75) is 27.2 Å². The number of amides is 2. The van der Waals surface area contributed by atoms with Crippen LogP contribution in [0, 0.1) is 13.8 Å². The zero-order chi connectivity index (χ0) is 22.0. The molecule has 1 aliphatic heterocycles. The molecule has 0 saturated carbocycles. The Kier molecular flexibility index (Phi) is 5.83. The van der Waals surface area contributed by atoms with Crippen LogP contribution in [0.25, 0.3) is 17.2 Å². The first-order valence-corrected chi connectivity index (χ1v) is 10.5. The summed E-state index contributed by atoms with van der Waals surface area (Å²) in [6.45, 7) is 7.90. The Morgan fingerprint density at radius 3 is 2.35 bits per heavy atom. The number of nitrogens with zero attached hydrogens (tertiary/aromatic N) is 6. The number of ether oxygens (including phenoxy) is 1. The number of benzene rings is 1. The summed E-state index contributed by atoms with van der Waals surface area (Å²) in [4.78, 5) is 37.4. The van der Waals surface area contributed by atoms with E-state index in [9.17, 15) is 9.59 Å². The Morgan fingerprint density at radius 2 is 1.68 bits per heavy atom. The van der Waals surface area contributed by atoms with Crippen LogP contribution in [0.3, 0.4) is 0 Å². The third kappa shape index (κ3) is 4.21. The number of hydrogen-bond donors (Lipinski definition) is 0. The first-order chi connectivity index (χ1) is 15.0. The molecule has 9 nitrogen and oxygen atoms in total. The van der Waals surface area contributed by atoms with Crippen molar-refractivity contribution in [3.8, 4) is 11.4 Å². The lowest BCUT2D eigenvalue weighted by Crippen LogP contribution is -2.51. The second-order valence-corrected chi connectivity index (χ2v) is 7.52. The Hall–Kier alpha value is -3.49. The lowest BCUT2D eigenvalue weighted by molar-refractivity contribution is -0.132. The first-order valence-electron chi connectivity index (χ1n) is 10.5. The third-order valence-electron chi connectivity index (χ3n) is 5.57. The van der Waals surface area contributed by atoms with Gasteiger partial charge in [-0.25, -0.2) is 14.3 Å². The molecule has 0 unspecified atom stereocenters. The van der Waals surface area contributed by atoms with E-state index in [0.29, 0.717) is 44.4 Å². The van der Waals surface area contributed by atoms with Crippen molar-refractivity contribution in [3.63, 3.8) is 0 Å². The lowest BCUT2D eigenvalue weighted by atomic mass is 10.1. The molecule has 1 aliphatic rings. The predicted molar refractivity (Wildman–Crippen MR) is 115 cm³/mol. The normalized spacial score (nSPS) is 14.2. The van der Waals surface area contributed by atoms with Gasteiger partial charge in [0.15, 0.2) is 5.82 Å². The fourth-order valence-corrected chi connectivity index (χ4v) is 3.79. The highest BCUT2D eigenvalue weighted by atomic mass is 16.6. The smallest absolute Gasteiger partial charge is 0.409 e. The van der Waals surface area contributed by atoms with Crippen LogP contribution in [-0.4, -0.2) is 74.2 Å². The average Bonchev–Trinajstić information content (AvgIpc) is 3.21. The highest BCUT2D eigenvalue weighted by Gasteiger charge is 2.26. The summed E-state index contributed by atoms with van der Waals surface area (Å²) < 4.78 is 6.74. The number of hydrogen-bond acceptors (Lipinski definition) is 6. The van der Waals surface area contributed by atoms with Crippen molar-refractivity contribution < 1.29 is 14.3 Å². The summed E-state index contributed by atoms with van der Waals surface area (Å²) in [6.07, 6.45) is -0.0862. The second-order valence-electron chi connectivity index (χ2n) is 7.52. The molecule has 1 aromatic carbocycles. The quantitative estimate of drug-likeness (QED) is 0.640. The van der Waals surface area contributed by atoms with E-state index in [1.807, 2.05) is 44.2 Å². The molecule has 2 amide bonds.